The molecule has 2 aromatic carbocycles. The number of carbonyl (C=O) groups excluding carboxylic acids is 4. The van der Waals surface area contributed by atoms with Gasteiger partial charge in [0.2, 0.25) is 0 Å². The van der Waals surface area contributed by atoms with Gasteiger partial charge in [0, 0.05) is 0 Å². The molecular weight excluding hydrogens is 1000 g/mol. The molecule has 0 fully saturated rings. The molecule has 0 saturated carbocycles. The Morgan fingerprint density at radius 1 is 0.384 bits per heavy atom. The predicted octanol–water partition coefficient (Wildman–Crippen LogP) is 13.1. The molecule has 0 aliphatic rings. The minimum absolute atomic E-state index is 0. The number of benzene rings is 2. The Balaban J connectivity index is 0.00000140. The Kier molecular flexibility index (Phi) is 41.4. The summed E-state index contributed by atoms with van der Waals surface area (Å²) >= 11 is 0. The molecule has 2 rings (SSSR count). The molecule has 2 aromatic rings. The van der Waals surface area contributed by atoms with E-state index < -0.39 is 65.0 Å². The van der Waals surface area contributed by atoms with E-state index in [0.29, 0.717) is 0 Å². The summed E-state index contributed by atoms with van der Waals surface area (Å²) in [6, 6.07) is 6.92. The quantitative estimate of drug-likeness (QED) is 0.0152. The summed E-state index contributed by atoms with van der Waals surface area (Å²) in [4.78, 5) is 49.0. The van der Waals surface area contributed by atoms with Crippen LogP contribution in [-0.4, -0.2) is 114 Å². The Morgan fingerprint density at radius 3 is 0.877 bits per heavy atom. The zero-order valence-corrected chi connectivity index (χ0v) is 48.0. The van der Waals surface area contributed by atoms with E-state index in [9.17, 15) is 45.1 Å². The maximum Gasteiger partial charge on any atom is 2.00 e. The van der Waals surface area contributed by atoms with Gasteiger partial charge in [0.1, 0.15) is 46.7 Å². The van der Waals surface area contributed by atoms with E-state index in [4.69, 9.17) is 18.9 Å². The van der Waals surface area contributed by atoms with E-state index in [1.807, 2.05) is 24.3 Å². The maximum absolute atomic E-state index is 12.7. The van der Waals surface area contributed by atoms with Crippen LogP contribution in [0.25, 0.3) is 0 Å². The third-order valence-electron chi connectivity index (χ3n) is 11.2. The number of esters is 4. The minimum atomic E-state index is -5.02. The molecule has 0 aliphatic carbocycles. The van der Waals surface area contributed by atoms with Gasteiger partial charge in [-0.25, -0.2) is 36.0 Å². The molecule has 14 nitrogen and oxygen atoms in total. The van der Waals surface area contributed by atoms with Gasteiger partial charge in [0.05, 0.1) is 32.0 Å². The molecule has 73 heavy (non-hydrogen) atoms. The second-order valence-corrected chi connectivity index (χ2v) is 20.1. The fourth-order valence-corrected chi connectivity index (χ4v) is 8.62. The first kappa shape index (κ1) is 69.4. The Hall–Kier alpha value is -3.64. The zero-order chi connectivity index (χ0) is 53.3. The average molecular weight is 1080 g/mol. The first-order valence-corrected chi connectivity index (χ1v) is 28.9. The largest absolute Gasteiger partial charge is 2.00 e. The van der Waals surface area contributed by atoms with Crippen molar-refractivity contribution in [3.63, 3.8) is 0 Å². The number of carbonyl (C=O) groups is 4. The molecule has 0 unspecified atom stereocenters. The smallest absolute Gasteiger partial charge is 0.744 e. The molecule has 0 aliphatic heterocycles. The monoisotopic (exact) mass is 1080 g/mol. The van der Waals surface area contributed by atoms with Gasteiger partial charge >= 0.3 is 61.6 Å². The molecule has 0 aromatic heterocycles. The van der Waals surface area contributed by atoms with E-state index in [0.717, 1.165) is 89.2 Å². The fraction of sp³-hybridized carbons (Fsp3) is 0.571. The van der Waals surface area contributed by atoms with Crippen molar-refractivity contribution >= 4 is 81.9 Å². The number of ether oxygens (including phenoxy) is 4. The molecule has 0 radical (unpaired) electrons. The molecule has 0 amide bonds. The number of unbranched alkanes of at least 4 members (excludes halogenated alkanes) is 20. The van der Waals surface area contributed by atoms with Crippen molar-refractivity contribution in [2.45, 2.75) is 192 Å². The van der Waals surface area contributed by atoms with Gasteiger partial charge in [-0.15, -0.1) is 0 Å². The topological polar surface area (TPSA) is 220 Å². The second-order valence-electron chi connectivity index (χ2n) is 17.4. The van der Waals surface area contributed by atoms with Crippen molar-refractivity contribution in [1.82, 2.24) is 0 Å². The van der Waals surface area contributed by atoms with E-state index >= 15 is 0 Å². The molecule has 0 bridgehead atoms. The molecule has 0 N–H and O–H groups in total. The van der Waals surface area contributed by atoms with Crippen LogP contribution in [0.4, 0.5) is 0 Å². The van der Waals surface area contributed by atoms with Gasteiger partial charge < -0.3 is 28.1 Å². The fourth-order valence-electron chi connectivity index (χ4n) is 7.24. The predicted molar refractivity (Wildman–Crippen MR) is 286 cm³/mol. The van der Waals surface area contributed by atoms with Gasteiger partial charge in [-0.05, 0) is 75.6 Å². The van der Waals surface area contributed by atoms with Crippen LogP contribution in [0.2, 0.25) is 0 Å². The van der Waals surface area contributed by atoms with Crippen molar-refractivity contribution in [2.24, 2.45) is 0 Å². The number of rotatable bonds is 38. The summed E-state index contributed by atoms with van der Waals surface area (Å²) in [7, 11) is -10.0. The van der Waals surface area contributed by atoms with Crippen LogP contribution in [0.5, 0.6) is 0 Å². The maximum atomic E-state index is 12.7. The second kappa shape index (κ2) is 43.6. The van der Waals surface area contributed by atoms with E-state index in [-0.39, 0.29) is 75.3 Å². The van der Waals surface area contributed by atoms with Crippen LogP contribution >= 0.6 is 0 Å². The van der Waals surface area contributed by atoms with Crippen LogP contribution < -0.4 is 0 Å². The SMILES string of the molecule is CCCCCCC/C=C/COC(=O)c1cccc(S(=O)(=O)[O-])c1C(=O)OC/C=C/CCCCCCC.CCCCCCC/C=C/COC(=O)c1cccc(S(=O)(=O)[O-])c1C(=O)OC/C=C/CCCCCCC.[Ca+2]. The Bertz CT molecular complexity index is 2060. The Labute approximate surface area is 467 Å². The summed E-state index contributed by atoms with van der Waals surface area (Å²) in [6.07, 6.45) is 40.9. The first-order valence-electron chi connectivity index (χ1n) is 26.1. The van der Waals surface area contributed by atoms with E-state index in [2.05, 4.69) is 27.7 Å². The molecule has 0 atom stereocenters. The number of allylic oxidation sites excluding steroid dienone is 4. The van der Waals surface area contributed by atoms with Crippen molar-refractivity contribution in [2.75, 3.05) is 26.4 Å². The third kappa shape index (κ3) is 32.4. The van der Waals surface area contributed by atoms with Crippen LogP contribution in [-0.2, 0) is 39.2 Å². The molecular formula is C56H82CaO14S2. The van der Waals surface area contributed by atoms with Crippen molar-refractivity contribution in [3.8, 4) is 0 Å². The van der Waals surface area contributed by atoms with Crippen LogP contribution in [0.3, 0.4) is 0 Å². The molecule has 0 saturated heterocycles. The molecule has 0 spiro atoms. The van der Waals surface area contributed by atoms with Crippen LogP contribution in [0, 0.1) is 0 Å². The van der Waals surface area contributed by atoms with Gasteiger partial charge in [-0.3, -0.25) is 0 Å². The van der Waals surface area contributed by atoms with Gasteiger partial charge in [0.15, 0.2) is 0 Å². The third-order valence-corrected chi connectivity index (χ3v) is 13.0. The van der Waals surface area contributed by atoms with Crippen LogP contribution in [0.1, 0.15) is 223 Å². The molecule has 404 valence electrons. The van der Waals surface area contributed by atoms with E-state index in [1.54, 1.807) is 24.3 Å². The standard InChI is InChI=1S/2C28H42O7S.Ca/c2*1-3-5-7-9-11-13-15-17-22-34-27(29)24-20-19-21-25(36(31,32)33)26(24)28(30)35-23-18-16-14-12-10-8-6-4-2;/h2*15-21H,3-14,22-23H2,1-2H3,(H,31,32,33);/q;;+2/p-2/b2*17-15+,18-16+;. The van der Waals surface area contributed by atoms with Gasteiger partial charge in [0.25, 0.3) is 0 Å². The van der Waals surface area contributed by atoms with Crippen molar-refractivity contribution in [3.05, 3.63) is 107 Å². The summed E-state index contributed by atoms with van der Waals surface area (Å²) in [6.45, 7) is 8.38. The first-order chi connectivity index (χ1) is 34.6. The summed E-state index contributed by atoms with van der Waals surface area (Å²) in [5.74, 6) is -3.93. The minimum Gasteiger partial charge on any atom is -0.744 e. The van der Waals surface area contributed by atoms with Crippen molar-refractivity contribution in [1.29, 1.82) is 0 Å². The number of hydrogen-bond acceptors (Lipinski definition) is 14. The summed E-state index contributed by atoms with van der Waals surface area (Å²) < 4.78 is 91.1. The molecule has 0 heterocycles. The normalized spacial score (nSPS) is 11.7. The molecule has 17 heteroatoms. The van der Waals surface area contributed by atoms with E-state index in [1.165, 1.54) is 101 Å². The van der Waals surface area contributed by atoms with Gasteiger partial charge in [-0.2, -0.15) is 0 Å². The summed E-state index contributed by atoms with van der Waals surface area (Å²) in [5.41, 5.74) is -1.81. The van der Waals surface area contributed by atoms with Crippen molar-refractivity contribution < 1.29 is 64.1 Å². The van der Waals surface area contributed by atoms with Gasteiger partial charge in [-0.1, -0.05) is 191 Å². The summed E-state index contributed by atoms with van der Waals surface area (Å²) in [5, 5.41) is 0. The number of hydrogen-bond donors (Lipinski definition) is 0. The average Bonchev–Trinajstić information content (AvgIpc) is 3.35. The zero-order valence-electron chi connectivity index (χ0n) is 44.1. The Morgan fingerprint density at radius 2 is 0.630 bits per heavy atom. The van der Waals surface area contributed by atoms with Crippen LogP contribution in [0.15, 0.2) is 94.8 Å².